The number of carboxylic acids is 1. The van der Waals surface area contributed by atoms with E-state index in [2.05, 4.69) is 38.7 Å². The first-order valence-electron chi connectivity index (χ1n) is 10.5. The number of hydrogen-bond donors (Lipinski definition) is 3. The van der Waals surface area contributed by atoms with Gasteiger partial charge in [-0.05, 0) is 56.4 Å². The molecule has 7 nitrogen and oxygen atoms in total. The highest BCUT2D eigenvalue weighted by Gasteiger charge is 2.28. The van der Waals surface area contributed by atoms with Crippen LogP contribution in [0.5, 0.6) is 0 Å². The lowest BCUT2D eigenvalue weighted by Gasteiger charge is -2.14. The SMILES string of the molecule is O=C(/C=C/CNC(=O)OCC1c2ccccc2-c2ccccc21)Nc1ccc(Br)c(C(=O)O)c1. The zero-order valence-corrected chi connectivity index (χ0v) is 19.5. The van der Waals surface area contributed by atoms with Crippen molar-refractivity contribution in [3.8, 4) is 11.1 Å². The third-order valence-corrected chi connectivity index (χ3v) is 6.13. The molecule has 1 aliphatic rings. The molecule has 0 bridgehead atoms. The van der Waals surface area contributed by atoms with E-state index in [1.165, 1.54) is 18.2 Å². The van der Waals surface area contributed by atoms with E-state index in [4.69, 9.17) is 9.84 Å². The van der Waals surface area contributed by atoms with Crippen LogP contribution in [0.25, 0.3) is 11.1 Å². The molecular formula is C26H21BrN2O5. The van der Waals surface area contributed by atoms with Gasteiger partial charge in [0, 0.05) is 28.7 Å². The highest BCUT2D eigenvalue weighted by molar-refractivity contribution is 9.10. The minimum absolute atomic E-state index is 0.0268. The molecule has 0 heterocycles. The smallest absolute Gasteiger partial charge is 0.407 e. The average Bonchev–Trinajstić information content (AvgIpc) is 3.15. The summed E-state index contributed by atoms with van der Waals surface area (Å²) in [6, 6.07) is 20.7. The summed E-state index contributed by atoms with van der Waals surface area (Å²) in [5.74, 6) is -1.58. The third-order valence-electron chi connectivity index (χ3n) is 5.44. The number of amides is 2. The fraction of sp³-hybridized carbons (Fsp3) is 0.115. The molecule has 3 aromatic carbocycles. The Balaban J connectivity index is 1.26. The van der Waals surface area contributed by atoms with E-state index in [0.717, 1.165) is 22.3 Å². The Labute approximate surface area is 204 Å². The standard InChI is InChI=1S/C26H21BrN2O5/c27-23-12-11-16(14-21(23)25(31)32)29-24(30)10-5-13-28-26(33)34-15-22-19-8-3-1-6-17(19)18-7-2-4-9-20(18)22/h1-12,14,22H,13,15H2,(H,28,33)(H,29,30)(H,31,32)/b10-5+. The summed E-state index contributed by atoms with van der Waals surface area (Å²) in [6.45, 7) is 0.310. The number of carbonyl (C=O) groups excluding carboxylic acids is 2. The number of hydrogen-bond acceptors (Lipinski definition) is 4. The van der Waals surface area contributed by atoms with Gasteiger partial charge in [0.25, 0.3) is 0 Å². The fourth-order valence-corrected chi connectivity index (χ4v) is 4.32. The highest BCUT2D eigenvalue weighted by Crippen LogP contribution is 2.44. The molecule has 0 unspecified atom stereocenters. The molecule has 0 atom stereocenters. The van der Waals surface area contributed by atoms with Gasteiger partial charge in [0.05, 0.1) is 5.56 Å². The van der Waals surface area contributed by atoms with Crippen molar-refractivity contribution in [2.24, 2.45) is 0 Å². The minimum Gasteiger partial charge on any atom is -0.478 e. The first-order valence-corrected chi connectivity index (χ1v) is 11.3. The van der Waals surface area contributed by atoms with E-state index < -0.39 is 18.0 Å². The van der Waals surface area contributed by atoms with E-state index in [0.29, 0.717) is 10.2 Å². The summed E-state index contributed by atoms with van der Waals surface area (Å²) in [7, 11) is 0. The van der Waals surface area contributed by atoms with Crippen LogP contribution in [0.1, 0.15) is 27.4 Å². The molecule has 3 aromatic rings. The van der Waals surface area contributed by atoms with Crippen molar-refractivity contribution in [1.29, 1.82) is 0 Å². The fourth-order valence-electron chi connectivity index (χ4n) is 3.91. The first-order chi connectivity index (χ1) is 16.4. The number of aromatic carboxylic acids is 1. The van der Waals surface area contributed by atoms with E-state index in [9.17, 15) is 14.4 Å². The maximum Gasteiger partial charge on any atom is 0.407 e. The monoisotopic (exact) mass is 520 g/mol. The Morgan fingerprint density at radius 2 is 1.62 bits per heavy atom. The molecule has 34 heavy (non-hydrogen) atoms. The van der Waals surface area contributed by atoms with Gasteiger partial charge in [-0.1, -0.05) is 54.6 Å². The van der Waals surface area contributed by atoms with Gasteiger partial charge in [-0.2, -0.15) is 0 Å². The van der Waals surface area contributed by atoms with Crippen LogP contribution in [0.4, 0.5) is 10.5 Å². The summed E-state index contributed by atoms with van der Waals surface area (Å²) < 4.78 is 5.86. The van der Waals surface area contributed by atoms with Crippen molar-refractivity contribution in [2.75, 3.05) is 18.5 Å². The molecule has 1 aliphatic carbocycles. The van der Waals surface area contributed by atoms with Crippen LogP contribution >= 0.6 is 15.9 Å². The molecule has 0 radical (unpaired) electrons. The number of ether oxygens (including phenoxy) is 1. The zero-order valence-electron chi connectivity index (χ0n) is 18.0. The predicted molar refractivity (Wildman–Crippen MR) is 132 cm³/mol. The van der Waals surface area contributed by atoms with Crippen molar-refractivity contribution >= 4 is 39.6 Å². The molecule has 0 fully saturated rings. The van der Waals surface area contributed by atoms with Crippen molar-refractivity contribution in [3.05, 3.63) is 100 Å². The maximum atomic E-state index is 12.2. The average molecular weight is 521 g/mol. The second-order valence-corrected chi connectivity index (χ2v) is 8.45. The predicted octanol–water partition coefficient (Wildman–Crippen LogP) is 5.18. The topological polar surface area (TPSA) is 105 Å². The molecule has 3 N–H and O–H groups in total. The second kappa shape index (κ2) is 10.4. The van der Waals surface area contributed by atoms with Crippen LogP contribution in [0.15, 0.2) is 83.4 Å². The second-order valence-electron chi connectivity index (χ2n) is 7.60. The van der Waals surface area contributed by atoms with Crippen LogP contribution in [0, 0.1) is 0 Å². The van der Waals surface area contributed by atoms with Crippen LogP contribution in [0.2, 0.25) is 0 Å². The third kappa shape index (κ3) is 5.18. The highest BCUT2D eigenvalue weighted by atomic mass is 79.9. The van der Waals surface area contributed by atoms with Gasteiger partial charge in [0.2, 0.25) is 5.91 Å². The van der Waals surface area contributed by atoms with Gasteiger partial charge in [0.15, 0.2) is 0 Å². The quantitative estimate of drug-likeness (QED) is 0.372. The van der Waals surface area contributed by atoms with Gasteiger partial charge >= 0.3 is 12.1 Å². The number of benzene rings is 3. The molecule has 2 amide bonds. The number of nitrogens with one attached hydrogen (secondary N) is 2. The number of anilines is 1. The Hall–Kier alpha value is -3.91. The van der Waals surface area contributed by atoms with Gasteiger partial charge in [0.1, 0.15) is 6.61 Å². The summed E-state index contributed by atoms with van der Waals surface area (Å²) in [5.41, 5.74) is 4.96. The van der Waals surface area contributed by atoms with Crippen LogP contribution in [-0.4, -0.2) is 36.2 Å². The van der Waals surface area contributed by atoms with Gasteiger partial charge in [-0.3, -0.25) is 4.79 Å². The Morgan fingerprint density at radius 1 is 0.971 bits per heavy atom. The first kappa shape index (κ1) is 23.3. The van der Waals surface area contributed by atoms with E-state index in [-0.39, 0.29) is 24.6 Å². The summed E-state index contributed by atoms with van der Waals surface area (Å²) in [5, 5.41) is 14.3. The van der Waals surface area contributed by atoms with Gasteiger partial charge < -0.3 is 20.5 Å². The minimum atomic E-state index is -1.11. The number of alkyl carbamates (subject to hydrolysis) is 1. The Kier molecular flexibility index (Phi) is 7.08. The van der Waals surface area contributed by atoms with Crippen LogP contribution < -0.4 is 10.6 Å². The molecule has 4 rings (SSSR count). The summed E-state index contributed by atoms with van der Waals surface area (Å²) >= 11 is 3.15. The van der Waals surface area contributed by atoms with Crippen molar-refractivity contribution in [2.45, 2.75) is 5.92 Å². The number of carboxylic acid groups (broad SMARTS) is 1. The number of carbonyl (C=O) groups is 3. The molecular weight excluding hydrogens is 500 g/mol. The molecule has 172 valence electrons. The molecule has 0 saturated heterocycles. The van der Waals surface area contributed by atoms with Crippen LogP contribution in [-0.2, 0) is 9.53 Å². The summed E-state index contributed by atoms with van der Waals surface area (Å²) in [4.78, 5) is 35.4. The molecule has 8 heteroatoms. The largest absolute Gasteiger partial charge is 0.478 e. The summed E-state index contributed by atoms with van der Waals surface area (Å²) in [6.07, 6.45) is 2.16. The zero-order chi connectivity index (χ0) is 24.1. The lowest BCUT2D eigenvalue weighted by atomic mass is 9.98. The van der Waals surface area contributed by atoms with Gasteiger partial charge in [-0.25, -0.2) is 9.59 Å². The van der Waals surface area contributed by atoms with E-state index in [1.54, 1.807) is 12.1 Å². The Morgan fingerprint density at radius 3 is 2.26 bits per heavy atom. The number of fused-ring (bicyclic) bond motifs is 3. The van der Waals surface area contributed by atoms with Crippen molar-refractivity contribution in [1.82, 2.24) is 5.32 Å². The Bertz CT molecular complexity index is 1240. The molecule has 0 spiro atoms. The van der Waals surface area contributed by atoms with E-state index in [1.807, 2.05) is 36.4 Å². The molecule has 0 aliphatic heterocycles. The van der Waals surface area contributed by atoms with Gasteiger partial charge in [-0.15, -0.1) is 0 Å². The molecule has 0 saturated carbocycles. The van der Waals surface area contributed by atoms with E-state index >= 15 is 0 Å². The van der Waals surface area contributed by atoms with Crippen LogP contribution in [0.3, 0.4) is 0 Å². The van der Waals surface area contributed by atoms with Crippen molar-refractivity contribution < 1.29 is 24.2 Å². The normalized spacial score (nSPS) is 12.1. The lowest BCUT2D eigenvalue weighted by molar-refractivity contribution is -0.111. The lowest BCUT2D eigenvalue weighted by Crippen LogP contribution is -2.26. The van der Waals surface area contributed by atoms with Crippen molar-refractivity contribution in [3.63, 3.8) is 0 Å². The maximum absolute atomic E-state index is 12.2. The molecule has 0 aromatic heterocycles. The number of rotatable bonds is 7. The number of halogens is 1.